The van der Waals surface area contributed by atoms with E-state index in [1.54, 1.807) is 11.3 Å². The summed E-state index contributed by atoms with van der Waals surface area (Å²) in [7, 11) is 2.11. The van der Waals surface area contributed by atoms with Gasteiger partial charge < -0.3 is 9.64 Å². The molecule has 0 N–H and O–H groups in total. The SMILES string of the molecule is Cc1nc2c(c(N(C)CCc3scnc3C)n1)Cc1ccccc1OC2. The van der Waals surface area contributed by atoms with E-state index in [9.17, 15) is 0 Å². The Hall–Kier alpha value is -2.47. The number of aromatic nitrogens is 3. The number of nitrogens with zero attached hydrogens (tertiary/aromatic N) is 4. The summed E-state index contributed by atoms with van der Waals surface area (Å²) in [5, 5.41) is 0. The van der Waals surface area contributed by atoms with E-state index in [4.69, 9.17) is 9.72 Å². The molecule has 0 radical (unpaired) electrons. The average molecular weight is 366 g/mol. The molecular weight excluding hydrogens is 344 g/mol. The zero-order valence-electron chi connectivity index (χ0n) is 15.3. The molecule has 5 nitrogen and oxygen atoms in total. The average Bonchev–Trinajstić information content (AvgIpc) is 2.95. The van der Waals surface area contributed by atoms with Crippen LogP contribution in [0.1, 0.15) is 33.2 Å². The molecule has 0 atom stereocenters. The lowest BCUT2D eigenvalue weighted by atomic mass is 10.0. The largest absolute Gasteiger partial charge is 0.487 e. The number of anilines is 1. The van der Waals surface area contributed by atoms with Crippen molar-refractivity contribution in [3.05, 3.63) is 63.0 Å². The number of likely N-dealkylation sites (N-methyl/N-ethyl adjacent to an activating group) is 1. The predicted molar refractivity (Wildman–Crippen MR) is 104 cm³/mol. The molecule has 3 aromatic rings. The second-order valence-electron chi connectivity index (χ2n) is 6.63. The molecular formula is C20H22N4OS. The molecule has 4 rings (SSSR count). The highest BCUT2D eigenvalue weighted by Gasteiger charge is 2.22. The summed E-state index contributed by atoms with van der Waals surface area (Å²) in [6.07, 6.45) is 1.77. The number of para-hydroxylation sites is 1. The van der Waals surface area contributed by atoms with Gasteiger partial charge in [0.25, 0.3) is 0 Å². The second kappa shape index (κ2) is 7.03. The van der Waals surface area contributed by atoms with E-state index in [0.29, 0.717) is 6.61 Å². The quantitative estimate of drug-likeness (QED) is 0.704. The Morgan fingerprint density at radius 3 is 2.85 bits per heavy atom. The maximum atomic E-state index is 5.98. The highest BCUT2D eigenvalue weighted by Crippen LogP contribution is 2.31. The van der Waals surface area contributed by atoms with Gasteiger partial charge in [-0.3, -0.25) is 0 Å². The first-order chi connectivity index (χ1) is 12.6. The molecule has 1 aliphatic rings. The van der Waals surface area contributed by atoms with Gasteiger partial charge in [-0.1, -0.05) is 18.2 Å². The molecule has 2 aromatic heterocycles. The lowest BCUT2D eigenvalue weighted by molar-refractivity contribution is 0.302. The van der Waals surface area contributed by atoms with Crippen LogP contribution in [0.15, 0.2) is 29.8 Å². The minimum Gasteiger partial charge on any atom is -0.487 e. The molecule has 26 heavy (non-hydrogen) atoms. The number of hydrogen-bond acceptors (Lipinski definition) is 6. The molecule has 0 saturated carbocycles. The Morgan fingerprint density at radius 1 is 1.19 bits per heavy atom. The van der Waals surface area contributed by atoms with Crippen LogP contribution < -0.4 is 9.64 Å². The summed E-state index contributed by atoms with van der Waals surface area (Å²) in [6, 6.07) is 8.21. The van der Waals surface area contributed by atoms with Crippen molar-refractivity contribution < 1.29 is 4.74 Å². The van der Waals surface area contributed by atoms with Gasteiger partial charge >= 0.3 is 0 Å². The van der Waals surface area contributed by atoms with Crippen LogP contribution in [0.3, 0.4) is 0 Å². The minimum atomic E-state index is 0.491. The van der Waals surface area contributed by atoms with Crippen LogP contribution >= 0.6 is 11.3 Å². The lowest BCUT2D eigenvalue weighted by Gasteiger charge is -2.22. The van der Waals surface area contributed by atoms with E-state index in [1.165, 1.54) is 16.0 Å². The molecule has 3 heterocycles. The third kappa shape index (κ3) is 3.29. The molecule has 1 aromatic carbocycles. The smallest absolute Gasteiger partial charge is 0.135 e. The number of ether oxygens (including phenoxy) is 1. The Bertz CT molecular complexity index is 937. The molecule has 0 amide bonds. The highest BCUT2D eigenvalue weighted by atomic mass is 32.1. The molecule has 1 aliphatic heterocycles. The molecule has 0 saturated heterocycles. The molecule has 0 fully saturated rings. The molecule has 0 unspecified atom stereocenters. The second-order valence-corrected chi connectivity index (χ2v) is 7.56. The molecule has 0 aliphatic carbocycles. The number of hydrogen-bond donors (Lipinski definition) is 0. The lowest BCUT2D eigenvalue weighted by Crippen LogP contribution is -2.24. The number of rotatable bonds is 4. The van der Waals surface area contributed by atoms with E-state index in [0.717, 1.165) is 48.2 Å². The van der Waals surface area contributed by atoms with Gasteiger partial charge in [-0.2, -0.15) is 0 Å². The third-order valence-corrected chi connectivity index (χ3v) is 5.76. The minimum absolute atomic E-state index is 0.491. The zero-order chi connectivity index (χ0) is 18.1. The predicted octanol–water partition coefficient (Wildman–Crippen LogP) is 3.71. The summed E-state index contributed by atoms with van der Waals surface area (Å²) in [4.78, 5) is 17.3. The van der Waals surface area contributed by atoms with Gasteiger partial charge in [0.05, 0.1) is 16.9 Å². The van der Waals surface area contributed by atoms with Gasteiger partial charge in [0.15, 0.2) is 0 Å². The Balaban J connectivity index is 1.64. The number of benzene rings is 1. The van der Waals surface area contributed by atoms with Crippen LogP contribution in [-0.4, -0.2) is 28.5 Å². The van der Waals surface area contributed by atoms with Crippen molar-refractivity contribution in [1.82, 2.24) is 15.0 Å². The summed E-state index contributed by atoms with van der Waals surface area (Å²) in [5.74, 6) is 2.74. The Morgan fingerprint density at radius 2 is 2.04 bits per heavy atom. The van der Waals surface area contributed by atoms with Gasteiger partial charge in [0, 0.05) is 36.9 Å². The monoisotopic (exact) mass is 366 g/mol. The van der Waals surface area contributed by atoms with Crippen LogP contribution in [-0.2, 0) is 19.4 Å². The summed E-state index contributed by atoms with van der Waals surface area (Å²) >= 11 is 1.72. The molecule has 6 heteroatoms. The van der Waals surface area contributed by atoms with Crippen LogP contribution in [0, 0.1) is 13.8 Å². The first kappa shape index (κ1) is 17.0. The van der Waals surface area contributed by atoms with Gasteiger partial charge in [0.1, 0.15) is 24.0 Å². The van der Waals surface area contributed by atoms with Crippen LogP contribution in [0.4, 0.5) is 5.82 Å². The number of thiazole rings is 1. The summed E-state index contributed by atoms with van der Waals surface area (Å²) in [6.45, 7) is 5.41. The van der Waals surface area contributed by atoms with E-state index < -0.39 is 0 Å². The van der Waals surface area contributed by atoms with Gasteiger partial charge in [0.2, 0.25) is 0 Å². The van der Waals surface area contributed by atoms with Crippen molar-refractivity contribution in [2.45, 2.75) is 33.3 Å². The van der Waals surface area contributed by atoms with Crippen molar-refractivity contribution in [3.63, 3.8) is 0 Å². The topological polar surface area (TPSA) is 51.1 Å². The van der Waals surface area contributed by atoms with Crippen molar-refractivity contribution in [2.75, 3.05) is 18.5 Å². The molecule has 134 valence electrons. The van der Waals surface area contributed by atoms with Crippen molar-refractivity contribution in [3.8, 4) is 5.75 Å². The molecule has 0 spiro atoms. The molecule has 0 bridgehead atoms. The Labute approximate surface area is 157 Å². The highest BCUT2D eigenvalue weighted by molar-refractivity contribution is 7.09. The fourth-order valence-electron chi connectivity index (χ4n) is 3.32. The fraction of sp³-hybridized carbons (Fsp3) is 0.350. The van der Waals surface area contributed by atoms with Crippen molar-refractivity contribution in [2.24, 2.45) is 0 Å². The number of fused-ring (bicyclic) bond motifs is 2. The van der Waals surface area contributed by atoms with E-state index >= 15 is 0 Å². The zero-order valence-corrected chi connectivity index (χ0v) is 16.1. The summed E-state index contributed by atoms with van der Waals surface area (Å²) in [5.41, 5.74) is 6.39. The van der Waals surface area contributed by atoms with Crippen LogP contribution in [0.25, 0.3) is 0 Å². The van der Waals surface area contributed by atoms with Crippen molar-refractivity contribution in [1.29, 1.82) is 0 Å². The first-order valence-corrected chi connectivity index (χ1v) is 9.67. The van der Waals surface area contributed by atoms with Crippen LogP contribution in [0.2, 0.25) is 0 Å². The van der Waals surface area contributed by atoms with E-state index in [-0.39, 0.29) is 0 Å². The van der Waals surface area contributed by atoms with Gasteiger partial charge in [-0.15, -0.1) is 11.3 Å². The van der Waals surface area contributed by atoms with E-state index in [2.05, 4.69) is 41.0 Å². The Kier molecular flexibility index (Phi) is 4.59. The maximum absolute atomic E-state index is 5.98. The normalized spacial score (nSPS) is 12.7. The van der Waals surface area contributed by atoms with Crippen LogP contribution in [0.5, 0.6) is 5.75 Å². The summed E-state index contributed by atoms with van der Waals surface area (Å²) < 4.78 is 5.98. The third-order valence-electron chi connectivity index (χ3n) is 4.77. The number of aryl methyl sites for hydroxylation is 2. The maximum Gasteiger partial charge on any atom is 0.135 e. The van der Waals surface area contributed by atoms with Gasteiger partial charge in [-0.25, -0.2) is 15.0 Å². The van der Waals surface area contributed by atoms with Gasteiger partial charge in [-0.05, 0) is 25.5 Å². The van der Waals surface area contributed by atoms with Crippen molar-refractivity contribution >= 4 is 17.2 Å². The standard InChI is InChI=1S/C20H22N4OS/c1-13-19(26-12-21-13)8-9-24(3)20-16-10-15-6-4-5-7-18(15)25-11-17(16)22-14(2)23-20/h4-7,12H,8-11H2,1-3H3. The first-order valence-electron chi connectivity index (χ1n) is 8.79. The van der Waals surface area contributed by atoms with E-state index in [1.807, 2.05) is 24.6 Å². The fourth-order valence-corrected chi connectivity index (χ4v) is 4.09.